The van der Waals surface area contributed by atoms with E-state index in [1.807, 2.05) is 36.4 Å². The molecule has 0 atom stereocenters. The number of anilines is 1. The fourth-order valence-corrected chi connectivity index (χ4v) is 3.25. The van der Waals surface area contributed by atoms with Crippen LogP contribution in [-0.2, 0) is 13.2 Å². The van der Waals surface area contributed by atoms with Gasteiger partial charge >= 0.3 is 0 Å². The van der Waals surface area contributed by atoms with Crippen LogP contribution in [0, 0.1) is 6.92 Å². The van der Waals surface area contributed by atoms with Gasteiger partial charge in [-0.05, 0) is 54.4 Å². The lowest BCUT2D eigenvalue weighted by molar-refractivity contribution is 0.302. The van der Waals surface area contributed by atoms with Gasteiger partial charge in [-0.2, -0.15) is 0 Å². The third kappa shape index (κ3) is 4.85. The average molecular weight is 407 g/mol. The van der Waals surface area contributed by atoms with Gasteiger partial charge in [0.15, 0.2) is 0 Å². The Balaban J connectivity index is 1.74. The SMILES string of the molecule is Cc1ccccc1COc1ccc(Cl)cc1CNc1ccc(Cl)cc1Cl. The first-order chi connectivity index (χ1) is 12.5. The molecule has 0 saturated carbocycles. The highest BCUT2D eigenvalue weighted by atomic mass is 35.5. The number of aryl methyl sites for hydroxylation is 1. The van der Waals surface area contributed by atoms with Gasteiger partial charge in [0.05, 0.1) is 10.7 Å². The van der Waals surface area contributed by atoms with Gasteiger partial charge in [-0.25, -0.2) is 0 Å². The van der Waals surface area contributed by atoms with Crippen LogP contribution < -0.4 is 10.1 Å². The highest BCUT2D eigenvalue weighted by molar-refractivity contribution is 6.36. The molecule has 0 unspecified atom stereocenters. The van der Waals surface area contributed by atoms with Crippen molar-refractivity contribution in [2.75, 3.05) is 5.32 Å². The number of benzene rings is 3. The van der Waals surface area contributed by atoms with Crippen molar-refractivity contribution >= 4 is 40.5 Å². The molecule has 0 aromatic heterocycles. The van der Waals surface area contributed by atoms with Crippen LogP contribution >= 0.6 is 34.8 Å². The predicted molar refractivity (Wildman–Crippen MR) is 111 cm³/mol. The molecule has 3 rings (SSSR count). The number of hydrogen-bond acceptors (Lipinski definition) is 2. The van der Waals surface area contributed by atoms with E-state index in [2.05, 4.69) is 24.4 Å². The maximum Gasteiger partial charge on any atom is 0.124 e. The lowest BCUT2D eigenvalue weighted by Gasteiger charge is -2.15. The van der Waals surface area contributed by atoms with Crippen molar-refractivity contribution in [3.05, 3.63) is 92.4 Å². The molecule has 1 N–H and O–H groups in total. The lowest BCUT2D eigenvalue weighted by atomic mass is 10.1. The Hall–Kier alpha value is -1.87. The molecular weight excluding hydrogens is 389 g/mol. The Morgan fingerprint density at radius 3 is 2.35 bits per heavy atom. The maximum absolute atomic E-state index is 6.22. The summed E-state index contributed by atoms with van der Waals surface area (Å²) in [7, 11) is 0. The van der Waals surface area contributed by atoms with Crippen molar-refractivity contribution in [3.8, 4) is 5.75 Å². The molecule has 0 fully saturated rings. The van der Waals surface area contributed by atoms with Crippen molar-refractivity contribution in [3.63, 3.8) is 0 Å². The molecule has 2 nitrogen and oxygen atoms in total. The van der Waals surface area contributed by atoms with E-state index < -0.39 is 0 Å². The average Bonchev–Trinajstić information content (AvgIpc) is 2.61. The molecular formula is C21H18Cl3NO. The summed E-state index contributed by atoms with van der Waals surface area (Å²) in [4.78, 5) is 0. The van der Waals surface area contributed by atoms with Gasteiger partial charge < -0.3 is 10.1 Å². The molecule has 0 saturated heterocycles. The molecule has 0 aliphatic heterocycles. The first-order valence-corrected chi connectivity index (χ1v) is 9.31. The van der Waals surface area contributed by atoms with E-state index in [0.717, 1.165) is 22.6 Å². The molecule has 0 amide bonds. The molecule has 134 valence electrons. The molecule has 0 aliphatic rings. The van der Waals surface area contributed by atoms with E-state index in [9.17, 15) is 0 Å². The third-order valence-electron chi connectivity index (χ3n) is 4.07. The standard InChI is InChI=1S/C21H18Cl3NO/c1-14-4-2-3-5-15(14)13-26-21-9-7-17(22)10-16(21)12-25-20-8-6-18(23)11-19(20)24/h2-11,25H,12-13H2,1H3. The number of nitrogens with one attached hydrogen (secondary N) is 1. The Kier molecular flexibility index (Phi) is 6.31. The van der Waals surface area contributed by atoms with Gasteiger partial charge in [0.2, 0.25) is 0 Å². The Morgan fingerprint density at radius 1 is 0.846 bits per heavy atom. The van der Waals surface area contributed by atoms with Gasteiger partial charge in [-0.15, -0.1) is 0 Å². The van der Waals surface area contributed by atoms with Gasteiger partial charge in [0.25, 0.3) is 0 Å². The van der Waals surface area contributed by atoms with Crippen LogP contribution in [0.1, 0.15) is 16.7 Å². The minimum absolute atomic E-state index is 0.503. The predicted octanol–water partition coefficient (Wildman–Crippen LogP) is 7.15. The molecule has 0 radical (unpaired) electrons. The summed E-state index contributed by atoms with van der Waals surface area (Å²) in [5, 5.41) is 5.14. The van der Waals surface area contributed by atoms with Crippen LogP contribution in [-0.4, -0.2) is 0 Å². The van der Waals surface area contributed by atoms with Gasteiger partial charge in [-0.1, -0.05) is 59.1 Å². The fourth-order valence-electron chi connectivity index (χ4n) is 2.58. The van der Waals surface area contributed by atoms with Crippen molar-refractivity contribution in [1.29, 1.82) is 0 Å². The third-order valence-corrected chi connectivity index (χ3v) is 4.85. The van der Waals surface area contributed by atoms with Gasteiger partial charge in [0.1, 0.15) is 12.4 Å². The molecule has 0 aliphatic carbocycles. The van der Waals surface area contributed by atoms with E-state index in [1.54, 1.807) is 12.1 Å². The number of ether oxygens (including phenoxy) is 1. The second kappa shape index (κ2) is 8.68. The summed E-state index contributed by atoms with van der Waals surface area (Å²) in [5.41, 5.74) is 4.12. The summed E-state index contributed by atoms with van der Waals surface area (Å²) < 4.78 is 6.04. The van der Waals surface area contributed by atoms with Crippen LogP contribution in [0.2, 0.25) is 15.1 Å². The molecule has 3 aromatic carbocycles. The van der Waals surface area contributed by atoms with Crippen LogP contribution in [0.4, 0.5) is 5.69 Å². The van der Waals surface area contributed by atoms with Gasteiger partial charge in [0, 0.05) is 22.2 Å². The highest BCUT2D eigenvalue weighted by Gasteiger charge is 2.08. The van der Waals surface area contributed by atoms with Crippen molar-refractivity contribution < 1.29 is 4.74 Å². The quantitative estimate of drug-likeness (QED) is 0.469. The number of halogens is 3. The topological polar surface area (TPSA) is 21.3 Å². The largest absolute Gasteiger partial charge is 0.489 e. The number of hydrogen-bond donors (Lipinski definition) is 1. The van der Waals surface area contributed by atoms with Crippen LogP contribution in [0.15, 0.2) is 60.7 Å². The molecule has 0 bridgehead atoms. The van der Waals surface area contributed by atoms with Crippen molar-refractivity contribution in [2.24, 2.45) is 0 Å². The summed E-state index contributed by atoms with van der Waals surface area (Å²) in [6, 6.07) is 19.1. The smallest absolute Gasteiger partial charge is 0.124 e. The molecule has 26 heavy (non-hydrogen) atoms. The first kappa shape index (κ1) is 18.9. The van der Waals surface area contributed by atoms with Crippen LogP contribution in [0.5, 0.6) is 5.75 Å². The second-order valence-corrected chi connectivity index (χ2v) is 7.22. The Morgan fingerprint density at radius 2 is 1.58 bits per heavy atom. The van der Waals surface area contributed by atoms with E-state index in [-0.39, 0.29) is 0 Å². The lowest BCUT2D eigenvalue weighted by Crippen LogP contribution is -2.05. The van der Waals surface area contributed by atoms with E-state index in [0.29, 0.717) is 28.2 Å². The van der Waals surface area contributed by atoms with E-state index in [4.69, 9.17) is 39.5 Å². The zero-order valence-electron chi connectivity index (χ0n) is 14.2. The van der Waals surface area contributed by atoms with Gasteiger partial charge in [-0.3, -0.25) is 0 Å². The molecule has 0 spiro atoms. The molecule has 3 aromatic rings. The minimum Gasteiger partial charge on any atom is -0.489 e. The Bertz CT molecular complexity index is 912. The first-order valence-electron chi connectivity index (χ1n) is 8.17. The fraction of sp³-hybridized carbons (Fsp3) is 0.143. The highest BCUT2D eigenvalue weighted by Crippen LogP contribution is 2.29. The van der Waals surface area contributed by atoms with Crippen LogP contribution in [0.25, 0.3) is 0 Å². The summed E-state index contributed by atoms with van der Waals surface area (Å²) in [5.74, 6) is 0.787. The second-order valence-electron chi connectivity index (χ2n) is 5.94. The zero-order chi connectivity index (χ0) is 18.5. The van der Waals surface area contributed by atoms with E-state index >= 15 is 0 Å². The van der Waals surface area contributed by atoms with Crippen molar-refractivity contribution in [2.45, 2.75) is 20.1 Å². The molecule has 0 heterocycles. The Labute approximate surface area is 168 Å². The summed E-state index contributed by atoms with van der Waals surface area (Å²) >= 11 is 18.3. The molecule has 5 heteroatoms. The minimum atomic E-state index is 0.503. The number of rotatable bonds is 6. The summed E-state index contributed by atoms with van der Waals surface area (Å²) in [6.07, 6.45) is 0. The summed E-state index contributed by atoms with van der Waals surface area (Å²) in [6.45, 7) is 3.11. The normalized spacial score (nSPS) is 10.6. The maximum atomic E-state index is 6.22. The zero-order valence-corrected chi connectivity index (χ0v) is 16.5. The van der Waals surface area contributed by atoms with Crippen LogP contribution in [0.3, 0.4) is 0 Å². The van der Waals surface area contributed by atoms with Crippen molar-refractivity contribution in [1.82, 2.24) is 0 Å². The monoisotopic (exact) mass is 405 g/mol. The van der Waals surface area contributed by atoms with E-state index in [1.165, 1.54) is 5.56 Å².